The fraction of sp³-hybridized carbons (Fsp3) is 0.176. The third-order valence-electron chi connectivity index (χ3n) is 7.68. The minimum atomic E-state index is -0.109. The van der Waals surface area contributed by atoms with Crippen LogP contribution in [0.2, 0.25) is 0 Å². The molecular weight excluding hydrogens is 512 g/mol. The molecule has 0 spiro atoms. The zero-order chi connectivity index (χ0) is 27.8. The maximum atomic E-state index is 6.17. The van der Waals surface area contributed by atoms with Crippen LogP contribution in [-0.4, -0.2) is 14.7 Å². The van der Waals surface area contributed by atoms with Crippen LogP contribution in [0.4, 0.5) is 5.69 Å². The Bertz CT molecular complexity index is 1680. The number of thiocarbonyl (C=S) groups is 1. The molecule has 0 aliphatic carbocycles. The lowest BCUT2D eigenvalue weighted by Crippen LogP contribution is -2.29. The molecule has 6 rings (SSSR count). The first kappa shape index (κ1) is 25.8. The van der Waals surface area contributed by atoms with E-state index < -0.39 is 0 Å². The number of nitrogens with zero attached hydrogens (tertiary/aromatic N) is 3. The van der Waals surface area contributed by atoms with Crippen molar-refractivity contribution in [1.29, 1.82) is 0 Å². The molecule has 3 aromatic carbocycles. The fourth-order valence-electron chi connectivity index (χ4n) is 5.69. The number of benzene rings is 3. The van der Waals surface area contributed by atoms with Crippen molar-refractivity contribution in [1.82, 2.24) is 14.9 Å². The van der Waals surface area contributed by atoms with E-state index in [1.54, 1.807) is 0 Å². The summed E-state index contributed by atoms with van der Waals surface area (Å²) in [5.41, 5.74) is 9.06. The highest BCUT2D eigenvalue weighted by atomic mass is 32.1. The number of hydrogen-bond donors (Lipinski definition) is 1. The first-order chi connectivity index (χ1) is 19.4. The first-order valence-electron chi connectivity index (χ1n) is 13.5. The van der Waals surface area contributed by atoms with E-state index in [1.807, 2.05) is 61.7 Å². The molecule has 1 N–H and O–H groups in total. The van der Waals surface area contributed by atoms with Crippen molar-refractivity contribution in [2.75, 3.05) is 4.90 Å². The Kier molecular flexibility index (Phi) is 6.86. The molecule has 0 bridgehead atoms. The van der Waals surface area contributed by atoms with Crippen molar-refractivity contribution >= 4 is 23.0 Å². The predicted octanol–water partition coefficient (Wildman–Crippen LogP) is 8.08. The fourth-order valence-corrected chi connectivity index (χ4v) is 6.04. The Balaban J connectivity index is 1.42. The molecule has 6 heteroatoms. The summed E-state index contributed by atoms with van der Waals surface area (Å²) >= 11 is 5.98. The zero-order valence-electron chi connectivity index (χ0n) is 23.1. The number of ether oxygens (including phenoxy) is 1. The number of aryl methyl sites for hydroxylation is 3. The number of para-hydroxylation sites is 2. The minimum absolute atomic E-state index is 0.0884. The maximum absolute atomic E-state index is 6.17. The van der Waals surface area contributed by atoms with Gasteiger partial charge in [-0.05, 0) is 111 Å². The second-order valence-corrected chi connectivity index (χ2v) is 10.7. The van der Waals surface area contributed by atoms with Crippen LogP contribution in [0.15, 0.2) is 103 Å². The van der Waals surface area contributed by atoms with Crippen molar-refractivity contribution in [3.05, 3.63) is 137 Å². The molecule has 5 nitrogen and oxygen atoms in total. The van der Waals surface area contributed by atoms with Crippen LogP contribution in [0.1, 0.15) is 45.9 Å². The molecule has 1 saturated heterocycles. The van der Waals surface area contributed by atoms with Gasteiger partial charge in [0.15, 0.2) is 5.11 Å². The topological polar surface area (TPSA) is 42.3 Å². The molecule has 40 heavy (non-hydrogen) atoms. The Morgan fingerprint density at radius 2 is 1.50 bits per heavy atom. The van der Waals surface area contributed by atoms with E-state index in [2.05, 4.69) is 84.1 Å². The smallest absolute Gasteiger partial charge is 0.174 e. The van der Waals surface area contributed by atoms with Gasteiger partial charge in [-0.2, -0.15) is 0 Å². The van der Waals surface area contributed by atoms with Crippen LogP contribution in [-0.2, 0) is 0 Å². The number of pyridine rings is 1. The second kappa shape index (κ2) is 10.6. The summed E-state index contributed by atoms with van der Waals surface area (Å²) in [5.74, 6) is 1.64. The highest BCUT2D eigenvalue weighted by Gasteiger charge is 2.42. The van der Waals surface area contributed by atoms with Crippen LogP contribution in [0.25, 0.3) is 5.69 Å². The zero-order valence-corrected chi connectivity index (χ0v) is 23.9. The standard InChI is InChI=1S/C34H32N4OS/c1-22-11-5-7-14-30(22)37-24(3)21-28(25(37)4)33-32(29-13-9-10-20-35-29)36-34(40)38(33)26-16-18-27(19-17-26)39-31-15-8-6-12-23(31)2/h5-21,32-33H,1-4H3,(H,36,40)/t32-,33-/m1/s1. The van der Waals surface area contributed by atoms with Gasteiger partial charge in [-0.15, -0.1) is 0 Å². The van der Waals surface area contributed by atoms with E-state index in [-0.39, 0.29) is 12.1 Å². The number of anilines is 1. The summed E-state index contributed by atoms with van der Waals surface area (Å²) in [6, 6.07) is 32.9. The van der Waals surface area contributed by atoms with Gasteiger partial charge >= 0.3 is 0 Å². The summed E-state index contributed by atoms with van der Waals surface area (Å²) in [6.45, 7) is 8.57. The lowest BCUT2D eigenvalue weighted by atomic mass is 9.96. The lowest BCUT2D eigenvalue weighted by molar-refractivity contribution is 0.479. The van der Waals surface area contributed by atoms with Gasteiger partial charge < -0.3 is 19.5 Å². The summed E-state index contributed by atoms with van der Waals surface area (Å²) in [6.07, 6.45) is 1.84. The van der Waals surface area contributed by atoms with Crippen LogP contribution in [0.3, 0.4) is 0 Å². The normalized spacial score (nSPS) is 16.7. The highest BCUT2D eigenvalue weighted by Crippen LogP contribution is 2.44. The molecule has 1 aliphatic rings. The van der Waals surface area contributed by atoms with E-state index >= 15 is 0 Å². The Morgan fingerprint density at radius 1 is 0.800 bits per heavy atom. The van der Waals surface area contributed by atoms with Crippen molar-refractivity contribution in [2.24, 2.45) is 0 Å². The second-order valence-electron chi connectivity index (χ2n) is 10.3. The van der Waals surface area contributed by atoms with E-state index in [0.29, 0.717) is 5.11 Å². The minimum Gasteiger partial charge on any atom is -0.457 e. The molecule has 1 aliphatic heterocycles. The van der Waals surface area contributed by atoms with Crippen molar-refractivity contribution in [3.63, 3.8) is 0 Å². The van der Waals surface area contributed by atoms with Crippen LogP contribution < -0.4 is 15.0 Å². The third-order valence-corrected chi connectivity index (χ3v) is 7.99. The Hall–Kier alpha value is -4.42. The molecule has 0 radical (unpaired) electrons. The molecule has 1 fully saturated rings. The molecule has 3 heterocycles. The summed E-state index contributed by atoms with van der Waals surface area (Å²) < 4.78 is 8.52. The quantitative estimate of drug-likeness (QED) is 0.219. The van der Waals surface area contributed by atoms with Crippen LogP contribution in [0.5, 0.6) is 11.5 Å². The van der Waals surface area contributed by atoms with Gasteiger partial charge in [0.2, 0.25) is 0 Å². The van der Waals surface area contributed by atoms with Gasteiger partial charge in [-0.1, -0.05) is 42.5 Å². The molecule has 0 amide bonds. The van der Waals surface area contributed by atoms with E-state index in [4.69, 9.17) is 21.9 Å². The molecule has 200 valence electrons. The van der Waals surface area contributed by atoms with Crippen molar-refractivity contribution in [2.45, 2.75) is 39.8 Å². The van der Waals surface area contributed by atoms with Crippen molar-refractivity contribution < 1.29 is 4.74 Å². The summed E-state index contributed by atoms with van der Waals surface area (Å²) in [5, 5.41) is 4.27. The van der Waals surface area contributed by atoms with Crippen LogP contribution >= 0.6 is 12.2 Å². The average molecular weight is 545 g/mol. The van der Waals surface area contributed by atoms with Gasteiger partial charge in [0.25, 0.3) is 0 Å². The predicted molar refractivity (Wildman–Crippen MR) is 166 cm³/mol. The summed E-state index contributed by atoms with van der Waals surface area (Å²) in [4.78, 5) is 6.94. The molecular formula is C34H32N4OS. The third kappa shape index (κ3) is 4.65. The van der Waals surface area contributed by atoms with E-state index in [1.165, 1.54) is 28.2 Å². The highest BCUT2D eigenvalue weighted by molar-refractivity contribution is 7.80. The molecule has 2 atom stereocenters. The van der Waals surface area contributed by atoms with Gasteiger partial charge in [0, 0.05) is 29.0 Å². The van der Waals surface area contributed by atoms with Gasteiger partial charge in [0.05, 0.1) is 17.8 Å². The number of hydrogen-bond acceptors (Lipinski definition) is 3. The SMILES string of the molecule is Cc1ccccc1Oc1ccc(N2C(=S)N[C@H](c3ccccn3)[C@H]2c2cc(C)n(-c3ccccc3C)c2C)cc1. The Labute approximate surface area is 241 Å². The molecule has 0 unspecified atom stereocenters. The molecule has 0 saturated carbocycles. The maximum Gasteiger partial charge on any atom is 0.174 e. The number of rotatable bonds is 6. The van der Waals surface area contributed by atoms with Gasteiger partial charge in [-0.25, -0.2) is 0 Å². The number of nitrogens with one attached hydrogen (secondary N) is 1. The largest absolute Gasteiger partial charge is 0.457 e. The summed E-state index contributed by atoms with van der Waals surface area (Å²) in [7, 11) is 0. The average Bonchev–Trinajstić information content (AvgIpc) is 3.46. The Morgan fingerprint density at radius 3 is 2.20 bits per heavy atom. The monoisotopic (exact) mass is 544 g/mol. The molecule has 2 aromatic heterocycles. The molecule has 5 aromatic rings. The first-order valence-corrected chi connectivity index (χ1v) is 13.9. The van der Waals surface area contributed by atoms with Gasteiger partial charge in [-0.3, -0.25) is 4.98 Å². The van der Waals surface area contributed by atoms with Crippen LogP contribution in [0, 0.1) is 27.7 Å². The van der Waals surface area contributed by atoms with E-state index in [0.717, 1.165) is 28.4 Å². The number of aromatic nitrogens is 2. The van der Waals surface area contributed by atoms with Gasteiger partial charge in [0.1, 0.15) is 11.5 Å². The lowest BCUT2D eigenvalue weighted by Gasteiger charge is -2.28. The van der Waals surface area contributed by atoms with Crippen molar-refractivity contribution in [3.8, 4) is 17.2 Å². The van der Waals surface area contributed by atoms with E-state index in [9.17, 15) is 0 Å².